The Morgan fingerprint density at radius 1 is 0.938 bits per heavy atom. The fraction of sp³-hybridized carbons (Fsp3) is 0.189. The summed E-state index contributed by atoms with van der Waals surface area (Å²) in [5, 5.41) is 22.3. The summed E-state index contributed by atoms with van der Waals surface area (Å²) in [7, 11) is 0. The Labute approximate surface area is 275 Å². The second kappa shape index (κ2) is 12.9. The molecule has 10 nitrogen and oxygen atoms in total. The second-order valence-corrected chi connectivity index (χ2v) is 12.0. The van der Waals surface area contributed by atoms with E-state index >= 15 is 0 Å². The molecule has 48 heavy (non-hydrogen) atoms. The number of halogens is 1. The molecule has 1 aliphatic heterocycles. The molecular weight excluding hydrogens is 607 g/mol. The average molecular weight is 641 g/mol. The van der Waals surface area contributed by atoms with Crippen molar-refractivity contribution in [2.24, 2.45) is 0 Å². The number of pyridine rings is 2. The Kier molecular flexibility index (Phi) is 7.97. The Balaban J connectivity index is 1.08. The van der Waals surface area contributed by atoms with Crippen LogP contribution in [-0.2, 0) is 0 Å². The van der Waals surface area contributed by atoms with E-state index in [1.54, 1.807) is 18.6 Å². The van der Waals surface area contributed by atoms with E-state index in [-0.39, 0.29) is 5.82 Å². The molecule has 4 N–H and O–H groups in total. The molecule has 0 bridgehead atoms. The van der Waals surface area contributed by atoms with Gasteiger partial charge in [-0.05, 0) is 73.5 Å². The summed E-state index contributed by atoms with van der Waals surface area (Å²) in [6.45, 7) is 3.50. The van der Waals surface area contributed by atoms with Crippen LogP contribution in [0.4, 0.5) is 10.1 Å². The average Bonchev–Trinajstić information content (AvgIpc) is 3.88. The summed E-state index contributed by atoms with van der Waals surface area (Å²) in [5.41, 5.74) is 7.26. The van der Waals surface area contributed by atoms with Crippen LogP contribution >= 0.6 is 0 Å². The first-order chi connectivity index (χ1) is 23.6. The predicted molar refractivity (Wildman–Crippen MR) is 184 cm³/mol. The lowest BCUT2D eigenvalue weighted by Gasteiger charge is -2.15. The quantitative estimate of drug-likeness (QED) is 0.118. The van der Waals surface area contributed by atoms with Crippen molar-refractivity contribution < 1.29 is 14.2 Å². The Morgan fingerprint density at radius 2 is 1.81 bits per heavy atom. The molecule has 1 aliphatic rings. The Bertz CT molecular complexity index is 2210. The summed E-state index contributed by atoms with van der Waals surface area (Å²) in [5.74, 6) is 0.643. The zero-order valence-corrected chi connectivity index (χ0v) is 26.0. The van der Waals surface area contributed by atoms with Crippen molar-refractivity contribution in [2.75, 3.05) is 31.6 Å². The van der Waals surface area contributed by atoms with Crippen molar-refractivity contribution in [1.29, 1.82) is 0 Å². The fourth-order valence-electron chi connectivity index (χ4n) is 6.28. The number of fused-ring (bicyclic) bond motifs is 2. The summed E-state index contributed by atoms with van der Waals surface area (Å²) in [6.07, 6.45) is 6.70. The number of imidazole rings is 1. The maximum atomic E-state index is 14.8. The van der Waals surface area contributed by atoms with E-state index in [0.29, 0.717) is 46.3 Å². The van der Waals surface area contributed by atoms with Crippen molar-refractivity contribution in [1.82, 2.24) is 35.0 Å². The lowest BCUT2D eigenvalue weighted by Crippen LogP contribution is -2.25. The number of benzene rings is 3. The number of aliphatic hydroxyl groups excluding tert-OH is 1. The van der Waals surface area contributed by atoms with Gasteiger partial charge >= 0.3 is 0 Å². The summed E-state index contributed by atoms with van der Waals surface area (Å²) in [4.78, 5) is 19.5. The van der Waals surface area contributed by atoms with E-state index in [0.717, 1.165) is 52.8 Å². The van der Waals surface area contributed by atoms with Crippen LogP contribution in [0.1, 0.15) is 24.6 Å². The van der Waals surface area contributed by atoms with Gasteiger partial charge in [-0.2, -0.15) is 5.10 Å². The third-order valence-corrected chi connectivity index (χ3v) is 8.72. The number of nitrogens with one attached hydrogen (secondary N) is 3. The third kappa shape index (κ3) is 6.08. The van der Waals surface area contributed by atoms with Gasteiger partial charge in [-0.15, -0.1) is 0 Å². The van der Waals surface area contributed by atoms with Crippen molar-refractivity contribution in [3.8, 4) is 39.5 Å². The van der Waals surface area contributed by atoms with Gasteiger partial charge in [0.2, 0.25) is 0 Å². The van der Waals surface area contributed by atoms with Crippen LogP contribution in [0.5, 0.6) is 5.75 Å². The number of aromatic amines is 2. The highest BCUT2D eigenvalue weighted by atomic mass is 19.1. The molecule has 1 unspecified atom stereocenters. The van der Waals surface area contributed by atoms with Crippen LogP contribution in [-0.4, -0.2) is 66.4 Å². The van der Waals surface area contributed by atoms with Crippen LogP contribution in [0.3, 0.4) is 0 Å². The van der Waals surface area contributed by atoms with E-state index < -0.39 is 6.23 Å². The number of hydrogen-bond acceptors (Lipinski definition) is 8. The number of ether oxygens (including phenoxy) is 1. The lowest BCUT2D eigenvalue weighted by molar-refractivity contribution is 0.208. The highest BCUT2D eigenvalue weighted by molar-refractivity contribution is 5.97. The summed E-state index contributed by atoms with van der Waals surface area (Å²) >= 11 is 0. The molecule has 4 aromatic heterocycles. The molecule has 11 heteroatoms. The number of aliphatic hydroxyl groups is 1. The minimum absolute atomic E-state index is 0.376. The SMILES string of the molecule is OC(Nc1cncc(-c2ccc3[nH]nc(-c4nc5c(-c6cc(F)cc(OCCN7CCCC7)c6)ccnc5[nH]4)c3c2)c1)c1ccccc1. The number of nitrogens with zero attached hydrogens (tertiary/aromatic N) is 5. The topological polar surface area (TPSA) is 128 Å². The number of anilines is 1. The highest BCUT2D eigenvalue weighted by Gasteiger charge is 2.18. The molecule has 8 rings (SSSR count). The van der Waals surface area contributed by atoms with Gasteiger partial charge in [-0.3, -0.25) is 15.0 Å². The first kappa shape index (κ1) is 29.7. The Morgan fingerprint density at radius 3 is 2.69 bits per heavy atom. The first-order valence-electron chi connectivity index (χ1n) is 16.0. The van der Waals surface area contributed by atoms with Crippen LogP contribution in [0.15, 0.2) is 97.5 Å². The molecule has 1 fully saturated rings. The van der Waals surface area contributed by atoms with Gasteiger partial charge in [-0.1, -0.05) is 36.4 Å². The van der Waals surface area contributed by atoms with Crippen LogP contribution < -0.4 is 10.1 Å². The molecule has 1 atom stereocenters. The van der Waals surface area contributed by atoms with Gasteiger partial charge in [0.05, 0.1) is 17.4 Å². The zero-order chi connectivity index (χ0) is 32.5. The molecule has 0 spiro atoms. The highest BCUT2D eigenvalue weighted by Crippen LogP contribution is 2.34. The summed E-state index contributed by atoms with van der Waals surface area (Å²) < 4.78 is 20.8. The first-order valence-corrected chi connectivity index (χ1v) is 16.0. The molecule has 5 heterocycles. The van der Waals surface area contributed by atoms with E-state index in [9.17, 15) is 9.50 Å². The van der Waals surface area contributed by atoms with Gasteiger partial charge in [0.15, 0.2) is 17.7 Å². The van der Waals surface area contributed by atoms with Crippen LogP contribution in [0, 0.1) is 5.82 Å². The largest absolute Gasteiger partial charge is 0.492 e. The fourth-order valence-corrected chi connectivity index (χ4v) is 6.28. The minimum atomic E-state index is -0.871. The monoisotopic (exact) mass is 640 g/mol. The molecule has 0 amide bonds. The molecular formula is C37H33FN8O2. The number of likely N-dealkylation sites (tertiary alicyclic amines) is 1. The minimum Gasteiger partial charge on any atom is -0.492 e. The van der Waals surface area contributed by atoms with Gasteiger partial charge in [0.1, 0.15) is 29.4 Å². The zero-order valence-electron chi connectivity index (χ0n) is 26.0. The second-order valence-electron chi connectivity index (χ2n) is 12.0. The number of hydrogen-bond donors (Lipinski definition) is 4. The maximum absolute atomic E-state index is 14.8. The van der Waals surface area contributed by atoms with Crippen molar-refractivity contribution in [2.45, 2.75) is 19.1 Å². The van der Waals surface area contributed by atoms with E-state index in [1.165, 1.54) is 25.0 Å². The number of H-pyrrole nitrogens is 2. The van der Waals surface area contributed by atoms with Gasteiger partial charge in [0, 0.05) is 47.1 Å². The smallest absolute Gasteiger partial charge is 0.160 e. The van der Waals surface area contributed by atoms with Crippen LogP contribution in [0.2, 0.25) is 0 Å². The molecule has 3 aromatic carbocycles. The van der Waals surface area contributed by atoms with Crippen molar-refractivity contribution in [3.05, 3.63) is 109 Å². The molecule has 0 radical (unpaired) electrons. The standard InChI is InChI=1S/C37H33FN8O2/c38-27-16-25(18-29(20-27)48-15-14-46-12-4-5-13-46)30-10-11-40-35-33(30)42-36(43-35)34-31-19-24(8-9-32(31)44-45-34)26-17-28(22-39-21-26)41-37(47)23-6-2-1-3-7-23/h1-3,6-11,16-22,37,41,47H,4-5,12-15H2,(H,44,45)(H,40,42,43). The third-order valence-electron chi connectivity index (χ3n) is 8.72. The molecule has 240 valence electrons. The van der Waals surface area contributed by atoms with E-state index in [4.69, 9.17) is 9.72 Å². The number of aromatic nitrogens is 6. The molecule has 7 aromatic rings. The Hall–Kier alpha value is -5.65. The van der Waals surface area contributed by atoms with E-state index in [2.05, 4.69) is 35.4 Å². The van der Waals surface area contributed by atoms with Gasteiger partial charge < -0.3 is 20.1 Å². The van der Waals surface area contributed by atoms with Gasteiger partial charge in [-0.25, -0.2) is 14.4 Å². The van der Waals surface area contributed by atoms with Crippen molar-refractivity contribution >= 4 is 27.8 Å². The number of rotatable bonds is 10. The summed E-state index contributed by atoms with van der Waals surface area (Å²) in [6, 6.07) is 23.9. The molecule has 1 saturated heterocycles. The van der Waals surface area contributed by atoms with E-state index in [1.807, 2.05) is 66.7 Å². The van der Waals surface area contributed by atoms with Gasteiger partial charge in [0.25, 0.3) is 0 Å². The maximum Gasteiger partial charge on any atom is 0.160 e. The van der Waals surface area contributed by atoms with Crippen molar-refractivity contribution in [3.63, 3.8) is 0 Å². The van der Waals surface area contributed by atoms with Crippen LogP contribution in [0.25, 0.3) is 55.8 Å². The molecule has 0 saturated carbocycles. The molecule has 0 aliphatic carbocycles. The lowest BCUT2D eigenvalue weighted by atomic mass is 10.0. The predicted octanol–water partition coefficient (Wildman–Crippen LogP) is 6.95. The normalized spacial score (nSPS) is 14.1.